The highest BCUT2D eigenvalue weighted by molar-refractivity contribution is 5.68. The molecule has 0 atom stereocenters. The van der Waals surface area contributed by atoms with E-state index < -0.39 is 5.60 Å². The Morgan fingerprint density at radius 2 is 2.11 bits per heavy atom. The normalized spacial score (nSPS) is 14.9. The number of fused-ring (bicyclic) bond motifs is 1. The molecule has 0 N–H and O–H groups in total. The molecule has 0 saturated carbocycles. The topological polar surface area (TPSA) is 84.0 Å². The van der Waals surface area contributed by atoms with Gasteiger partial charge in [0.25, 0.3) is 0 Å². The molecule has 2 heterocycles. The minimum absolute atomic E-state index is 0.286. The number of amides is 1. The zero-order valence-corrected chi connectivity index (χ0v) is 10.7. The molecule has 0 bridgehead atoms. The lowest BCUT2D eigenvalue weighted by Gasteiger charge is -2.30. The second kappa shape index (κ2) is 4.29. The molecule has 96 valence electrons. The van der Waals surface area contributed by atoms with E-state index in [0.717, 1.165) is 0 Å². The summed E-state index contributed by atoms with van der Waals surface area (Å²) in [5.41, 5.74) is -0.514. The van der Waals surface area contributed by atoms with Gasteiger partial charge in [0.05, 0.1) is 6.54 Å². The van der Waals surface area contributed by atoms with Crippen molar-refractivity contribution in [1.29, 1.82) is 5.26 Å². The van der Waals surface area contributed by atoms with Gasteiger partial charge in [-0.25, -0.2) is 4.79 Å². The van der Waals surface area contributed by atoms with Crippen molar-refractivity contribution in [2.24, 2.45) is 0 Å². The smallest absolute Gasteiger partial charge is 0.410 e. The van der Waals surface area contributed by atoms with Crippen LogP contribution in [-0.2, 0) is 17.8 Å². The molecule has 2 rings (SSSR count). The van der Waals surface area contributed by atoms with Crippen molar-refractivity contribution in [2.45, 2.75) is 39.5 Å². The summed E-state index contributed by atoms with van der Waals surface area (Å²) in [7, 11) is 0. The van der Waals surface area contributed by atoms with Crippen molar-refractivity contribution in [3.8, 4) is 6.07 Å². The lowest BCUT2D eigenvalue weighted by molar-refractivity contribution is 0.0195. The average molecular weight is 249 g/mol. The van der Waals surface area contributed by atoms with E-state index in [1.54, 1.807) is 9.47 Å². The van der Waals surface area contributed by atoms with Gasteiger partial charge in [0.2, 0.25) is 5.82 Å². The molecule has 0 saturated heterocycles. The maximum Gasteiger partial charge on any atom is 0.410 e. The lowest BCUT2D eigenvalue weighted by atomic mass is 10.2. The second-order valence-electron chi connectivity index (χ2n) is 5.11. The van der Waals surface area contributed by atoms with Crippen LogP contribution in [-0.4, -0.2) is 37.9 Å². The Kier molecular flexibility index (Phi) is 2.95. The summed E-state index contributed by atoms with van der Waals surface area (Å²) in [6.07, 6.45) is -0.366. The van der Waals surface area contributed by atoms with Gasteiger partial charge in [-0.15, -0.1) is 10.2 Å². The fourth-order valence-electron chi connectivity index (χ4n) is 1.72. The van der Waals surface area contributed by atoms with Gasteiger partial charge in [0.1, 0.15) is 11.7 Å². The molecular weight excluding hydrogens is 234 g/mol. The molecule has 7 nitrogen and oxygen atoms in total. The number of carbonyl (C=O) groups excluding carboxylic acids is 1. The van der Waals surface area contributed by atoms with Gasteiger partial charge in [0.15, 0.2) is 5.82 Å². The predicted molar refractivity (Wildman–Crippen MR) is 61.4 cm³/mol. The summed E-state index contributed by atoms with van der Waals surface area (Å²) in [6.45, 7) is 6.81. The predicted octanol–water partition coefficient (Wildman–Crippen LogP) is 0.900. The Morgan fingerprint density at radius 3 is 2.72 bits per heavy atom. The van der Waals surface area contributed by atoms with E-state index in [-0.39, 0.29) is 11.9 Å². The molecular formula is C11H15N5O2. The monoisotopic (exact) mass is 249 g/mol. The quantitative estimate of drug-likeness (QED) is 0.682. The first-order valence-corrected chi connectivity index (χ1v) is 5.71. The van der Waals surface area contributed by atoms with E-state index in [1.807, 2.05) is 26.8 Å². The summed E-state index contributed by atoms with van der Waals surface area (Å²) < 4.78 is 7.01. The molecule has 1 aliphatic heterocycles. The Balaban J connectivity index is 2.09. The molecule has 1 aromatic rings. The third-order valence-electron chi connectivity index (χ3n) is 2.50. The van der Waals surface area contributed by atoms with Crippen LogP contribution in [0.2, 0.25) is 0 Å². The van der Waals surface area contributed by atoms with Crippen LogP contribution in [0.5, 0.6) is 0 Å². The number of aromatic nitrogens is 3. The van der Waals surface area contributed by atoms with Crippen LogP contribution in [0, 0.1) is 11.3 Å². The molecule has 0 unspecified atom stereocenters. The minimum Gasteiger partial charge on any atom is -0.444 e. The van der Waals surface area contributed by atoms with Crippen molar-refractivity contribution < 1.29 is 9.53 Å². The SMILES string of the molecule is CC(C)(C)OC(=O)N1CCn2c(C#N)nnc2C1. The highest BCUT2D eigenvalue weighted by Crippen LogP contribution is 2.16. The van der Waals surface area contributed by atoms with Crippen LogP contribution >= 0.6 is 0 Å². The number of carbonyl (C=O) groups is 1. The maximum absolute atomic E-state index is 11.9. The van der Waals surface area contributed by atoms with E-state index >= 15 is 0 Å². The van der Waals surface area contributed by atoms with Crippen LogP contribution in [0.15, 0.2) is 0 Å². The Hall–Kier alpha value is -2.10. The molecule has 0 aliphatic carbocycles. The van der Waals surface area contributed by atoms with E-state index in [4.69, 9.17) is 10.00 Å². The summed E-state index contributed by atoms with van der Waals surface area (Å²) in [6, 6.07) is 1.97. The first kappa shape index (κ1) is 12.4. The number of nitrogens with zero attached hydrogens (tertiary/aromatic N) is 5. The number of hydrogen-bond acceptors (Lipinski definition) is 5. The van der Waals surface area contributed by atoms with Gasteiger partial charge in [-0.3, -0.25) is 9.47 Å². The molecule has 0 spiro atoms. The standard InChI is InChI=1S/C11H15N5O2/c1-11(2,3)18-10(17)15-4-5-16-8(6-12)13-14-9(16)7-15/h4-5,7H2,1-3H3. The van der Waals surface area contributed by atoms with Crippen molar-refractivity contribution in [3.05, 3.63) is 11.6 Å². The van der Waals surface area contributed by atoms with Crippen molar-refractivity contribution in [3.63, 3.8) is 0 Å². The molecule has 1 aromatic heterocycles. The van der Waals surface area contributed by atoms with Gasteiger partial charge in [-0.1, -0.05) is 0 Å². The highest BCUT2D eigenvalue weighted by atomic mass is 16.6. The van der Waals surface area contributed by atoms with Crippen molar-refractivity contribution in [1.82, 2.24) is 19.7 Å². The Morgan fingerprint density at radius 1 is 1.39 bits per heavy atom. The molecule has 1 aliphatic rings. The lowest BCUT2D eigenvalue weighted by Crippen LogP contribution is -2.41. The number of hydrogen-bond donors (Lipinski definition) is 0. The van der Waals surface area contributed by atoms with Gasteiger partial charge < -0.3 is 4.74 Å². The summed E-state index contributed by atoms with van der Waals surface area (Å²) in [5.74, 6) is 0.900. The van der Waals surface area contributed by atoms with Crippen molar-refractivity contribution in [2.75, 3.05) is 6.54 Å². The Bertz CT molecular complexity index is 508. The van der Waals surface area contributed by atoms with Gasteiger partial charge in [0, 0.05) is 13.1 Å². The van der Waals surface area contributed by atoms with Gasteiger partial charge in [-0.05, 0) is 20.8 Å². The van der Waals surface area contributed by atoms with Crippen molar-refractivity contribution >= 4 is 6.09 Å². The summed E-state index contributed by atoms with van der Waals surface area (Å²) >= 11 is 0. The van der Waals surface area contributed by atoms with Crippen LogP contribution in [0.4, 0.5) is 4.79 Å². The van der Waals surface area contributed by atoms with Gasteiger partial charge in [-0.2, -0.15) is 5.26 Å². The first-order chi connectivity index (χ1) is 8.40. The fourth-order valence-corrected chi connectivity index (χ4v) is 1.72. The van der Waals surface area contributed by atoms with Crippen LogP contribution in [0.3, 0.4) is 0 Å². The maximum atomic E-state index is 11.9. The molecule has 7 heteroatoms. The van der Waals surface area contributed by atoms with Crippen LogP contribution in [0.25, 0.3) is 0 Å². The average Bonchev–Trinajstić information content (AvgIpc) is 2.68. The number of nitriles is 1. The fraction of sp³-hybridized carbons (Fsp3) is 0.636. The number of ether oxygens (including phenoxy) is 1. The van der Waals surface area contributed by atoms with E-state index in [9.17, 15) is 4.79 Å². The summed E-state index contributed by atoms with van der Waals surface area (Å²) in [5, 5.41) is 16.5. The molecule has 0 radical (unpaired) electrons. The largest absolute Gasteiger partial charge is 0.444 e. The zero-order valence-electron chi connectivity index (χ0n) is 10.7. The second-order valence-corrected chi connectivity index (χ2v) is 5.11. The van der Waals surface area contributed by atoms with E-state index in [2.05, 4.69) is 10.2 Å². The summed E-state index contributed by atoms with van der Waals surface area (Å²) in [4.78, 5) is 13.4. The third kappa shape index (κ3) is 2.42. The number of rotatable bonds is 0. The first-order valence-electron chi connectivity index (χ1n) is 5.71. The van der Waals surface area contributed by atoms with Gasteiger partial charge >= 0.3 is 6.09 Å². The molecule has 1 amide bonds. The molecule has 18 heavy (non-hydrogen) atoms. The highest BCUT2D eigenvalue weighted by Gasteiger charge is 2.27. The Labute approximate surface area is 105 Å². The zero-order chi connectivity index (χ0) is 13.3. The third-order valence-corrected chi connectivity index (χ3v) is 2.50. The van der Waals surface area contributed by atoms with E-state index in [1.165, 1.54) is 0 Å². The molecule has 0 fully saturated rings. The van der Waals surface area contributed by atoms with E-state index in [0.29, 0.717) is 25.5 Å². The molecule has 0 aromatic carbocycles. The van der Waals surface area contributed by atoms with Crippen LogP contribution in [0.1, 0.15) is 32.4 Å². The minimum atomic E-state index is -0.514. The van der Waals surface area contributed by atoms with Crippen LogP contribution < -0.4 is 0 Å².